The van der Waals surface area contributed by atoms with E-state index in [4.69, 9.17) is 4.42 Å². The Balaban J connectivity index is 1.60. The zero-order chi connectivity index (χ0) is 19.2. The minimum Gasteiger partial charge on any atom is -0.481 e. The van der Waals surface area contributed by atoms with E-state index in [2.05, 4.69) is 12.1 Å². The summed E-state index contributed by atoms with van der Waals surface area (Å²) in [6.07, 6.45) is 1.59. The van der Waals surface area contributed by atoms with Crippen LogP contribution in [0.5, 0.6) is 0 Å². The number of carbonyl (C=O) groups excluding carboxylic acids is 1. The number of aliphatic carboxylic acids is 1. The number of nitrogens with zero attached hydrogens (tertiary/aromatic N) is 2. The molecule has 1 amide bonds. The molecule has 1 N–H and O–H groups in total. The quantitative estimate of drug-likeness (QED) is 0.773. The molecular weight excluding hydrogens is 344 g/mol. The first-order chi connectivity index (χ1) is 13.0. The maximum Gasteiger partial charge on any atom is 0.305 e. The van der Waals surface area contributed by atoms with Gasteiger partial charge in [0, 0.05) is 19.6 Å². The molecular formula is C21H26N2O4. The summed E-state index contributed by atoms with van der Waals surface area (Å²) < 4.78 is 5.60. The van der Waals surface area contributed by atoms with E-state index in [1.807, 2.05) is 42.2 Å². The molecule has 27 heavy (non-hydrogen) atoms. The van der Waals surface area contributed by atoms with Gasteiger partial charge in [0.25, 0.3) is 0 Å². The van der Waals surface area contributed by atoms with Gasteiger partial charge in [-0.2, -0.15) is 0 Å². The van der Waals surface area contributed by atoms with Gasteiger partial charge in [-0.1, -0.05) is 30.3 Å². The molecule has 6 nitrogen and oxygen atoms in total. The minimum atomic E-state index is -0.958. The highest BCUT2D eigenvalue weighted by Crippen LogP contribution is 2.20. The first-order valence-corrected chi connectivity index (χ1v) is 9.37. The molecule has 1 aromatic heterocycles. The predicted octanol–water partition coefficient (Wildman–Crippen LogP) is 2.71. The summed E-state index contributed by atoms with van der Waals surface area (Å²) in [4.78, 5) is 27.9. The molecule has 0 bridgehead atoms. The van der Waals surface area contributed by atoms with Crippen LogP contribution < -0.4 is 0 Å². The molecule has 144 valence electrons. The number of hydrogen-bond donors (Lipinski definition) is 1. The molecule has 2 heterocycles. The summed E-state index contributed by atoms with van der Waals surface area (Å²) in [5.74, 6) is 0.513. The van der Waals surface area contributed by atoms with Crippen molar-refractivity contribution in [3.8, 4) is 0 Å². The molecule has 1 aromatic carbocycles. The third kappa shape index (κ3) is 5.20. The lowest BCUT2D eigenvalue weighted by atomic mass is 10.1. The van der Waals surface area contributed by atoms with Crippen LogP contribution in [0.3, 0.4) is 0 Å². The summed E-state index contributed by atoms with van der Waals surface area (Å²) in [6, 6.07) is 13.3. The molecule has 1 saturated heterocycles. The predicted molar refractivity (Wildman–Crippen MR) is 101 cm³/mol. The van der Waals surface area contributed by atoms with Gasteiger partial charge in [-0.05, 0) is 37.5 Å². The van der Waals surface area contributed by atoms with Gasteiger partial charge in [0.1, 0.15) is 17.6 Å². The van der Waals surface area contributed by atoms with E-state index in [0.717, 1.165) is 24.4 Å². The Hall–Kier alpha value is -2.60. The molecule has 6 heteroatoms. The van der Waals surface area contributed by atoms with Gasteiger partial charge in [-0.25, -0.2) is 0 Å². The monoisotopic (exact) mass is 370 g/mol. The Morgan fingerprint density at radius 1 is 1.19 bits per heavy atom. The fourth-order valence-electron chi connectivity index (χ4n) is 3.56. The van der Waals surface area contributed by atoms with Crippen LogP contribution in [0.25, 0.3) is 0 Å². The van der Waals surface area contributed by atoms with E-state index >= 15 is 0 Å². The van der Waals surface area contributed by atoms with Gasteiger partial charge >= 0.3 is 5.97 Å². The van der Waals surface area contributed by atoms with Crippen LogP contribution >= 0.6 is 0 Å². The normalized spacial score (nSPS) is 18.0. The first-order valence-electron chi connectivity index (χ1n) is 9.37. The molecule has 0 radical (unpaired) electrons. The second-order valence-corrected chi connectivity index (χ2v) is 7.01. The van der Waals surface area contributed by atoms with E-state index in [-0.39, 0.29) is 12.3 Å². The molecule has 3 rings (SSSR count). The van der Waals surface area contributed by atoms with E-state index in [0.29, 0.717) is 26.2 Å². The maximum absolute atomic E-state index is 12.9. The van der Waals surface area contributed by atoms with Gasteiger partial charge in [0.2, 0.25) is 5.91 Å². The fraction of sp³-hybridized carbons (Fsp3) is 0.429. The summed E-state index contributed by atoms with van der Waals surface area (Å²) in [5, 5.41) is 9.26. The summed E-state index contributed by atoms with van der Waals surface area (Å²) >= 11 is 0. The van der Waals surface area contributed by atoms with Crippen molar-refractivity contribution < 1.29 is 19.1 Å². The number of carboxylic acids is 1. The van der Waals surface area contributed by atoms with Crippen LogP contribution in [-0.4, -0.2) is 52.5 Å². The lowest BCUT2D eigenvalue weighted by Crippen LogP contribution is -2.57. The van der Waals surface area contributed by atoms with Gasteiger partial charge in [0.15, 0.2) is 0 Å². The number of aryl methyl sites for hydroxylation is 2. The highest BCUT2D eigenvalue weighted by Gasteiger charge is 2.36. The van der Waals surface area contributed by atoms with Crippen LogP contribution in [0.15, 0.2) is 46.9 Å². The van der Waals surface area contributed by atoms with E-state index in [9.17, 15) is 14.7 Å². The summed E-state index contributed by atoms with van der Waals surface area (Å²) in [5.41, 5.74) is 1.25. The number of carbonyl (C=O) groups is 2. The van der Waals surface area contributed by atoms with Crippen molar-refractivity contribution >= 4 is 11.9 Å². The fourth-order valence-corrected chi connectivity index (χ4v) is 3.56. The van der Waals surface area contributed by atoms with Crippen LogP contribution in [0, 0.1) is 6.92 Å². The molecule has 1 fully saturated rings. The van der Waals surface area contributed by atoms with Crippen LogP contribution in [0.1, 0.15) is 29.9 Å². The van der Waals surface area contributed by atoms with Crippen LogP contribution in [0.4, 0.5) is 0 Å². The average Bonchev–Trinajstić information content (AvgIpc) is 3.05. The Morgan fingerprint density at radius 3 is 2.63 bits per heavy atom. The Morgan fingerprint density at radius 2 is 1.96 bits per heavy atom. The summed E-state index contributed by atoms with van der Waals surface area (Å²) in [6.45, 7) is 4.24. The Kier molecular flexibility index (Phi) is 6.29. The van der Waals surface area contributed by atoms with Gasteiger partial charge < -0.3 is 14.4 Å². The van der Waals surface area contributed by atoms with Crippen molar-refractivity contribution in [2.45, 2.75) is 38.8 Å². The lowest BCUT2D eigenvalue weighted by Gasteiger charge is -2.39. The number of carboxylic acid groups (broad SMARTS) is 1. The molecule has 1 aliphatic heterocycles. The number of benzene rings is 1. The van der Waals surface area contributed by atoms with E-state index in [1.54, 1.807) is 4.90 Å². The Labute approximate surface area is 159 Å². The smallest absolute Gasteiger partial charge is 0.305 e. The average molecular weight is 370 g/mol. The lowest BCUT2D eigenvalue weighted by molar-refractivity contribution is -0.149. The maximum atomic E-state index is 12.9. The molecule has 0 saturated carbocycles. The van der Waals surface area contributed by atoms with Crippen molar-refractivity contribution in [2.24, 2.45) is 0 Å². The number of amides is 1. The molecule has 2 aromatic rings. The topological polar surface area (TPSA) is 74.0 Å². The standard InChI is InChI=1S/C21H26N2O4/c1-16-9-10-18(27-16)15-23-13-12-22(21(26)19(23)14-20(24)25)11-5-8-17-6-3-2-4-7-17/h2-4,6-7,9-10,19H,5,8,11-15H2,1H3,(H,24,25). The Bertz CT molecular complexity index is 771. The third-order valence-electron chi connectivity index (χ3n) is 4.95. The highest BCUT2D eigenvalue weighted by molar-refractivity contribution is 5.86. The van der Waals surface area contributed by atoms with Gasteiger partial charge in [0.05, 0.1) is 13.0 Å². The van der Waals surface area contributed by atoms with Crippen molar-refractivity contribution in [2.75, 3.05) is 19.6 Å². The number of piperazine rings is 1. The highest BCUT2D eigenvalue weighted by atomic mass is 16.4. The van der Waals surface area contributed by atoms with Crippen molar-refractivity contribution in [3.63, 3.8) is 0 Å². The number of hydrogen-bond acceptors (Lipinski definition) is 4. The molecule has 1 aliphatic rings. The zero-order valence-corrected chi connectivity index (χ0v) is 15.6. The molecule has 0 aliphatic carbocycles. The third-order valence-corrected chi connectivity index (χ3v) is 4.95. The van der Waals surface area contributed by atoms with Crippen molar-refractivity contribution in [3.05, 3.63) is 59.5 Å². The largest absolute Gasteiger partial charge is 0.481 e. The SMILES string of the molecule is Cc1ccc(CN2CCN(CCCc3ccccc3)C(=O)C2CC(=O)O)o1. The van der Waals surface area contributed by atoms with Gasteiger partial charge in [-0.3, -0.25) is 14.5 Å². The van der Waals surface area contributed by atoms with Crippen molar-refractivity contribution in [1.82, 2.24) is 9.80 Å². The second kappa shape index (κ2) is 8.86. The molecule has 0 spiro atoms. The van der Waals surface area contributed by atoms with E-state index < -0.39 is 12.0 Å². The van der Waals surface area contributed by atoms with Crippen LogP contribution in [-0.2, 0) is 22.6 Å². The molecule has 1 atom stereocenters. The minimum absolute atomic E-state index is 0.0972. The zero-order valence-electron chi connectivity index (χ0n) is 15.6. The van der Waals surface area contributed by atoms with E-state index in [1.165, 1.54) is 5.56 Å². The second-order valence-electron chi connectivity index (χ2n) is 7.01. The first kappa shape index (κ1) is 19.2. The van der Waals surface area contributed by atoms with Crippen molar-refractivity contribution in [1.29, 1.82) is 0 Å². The van der Waals surface area contributed by atoms with Gasteiger partial charge in [-0.15, -0.1) is 0 Å². The summed E-state index contributed by atoms with van der Waals surface area (Å²) in [7, 11) is 0. The number of furan rings is 1. The number of rotatable bonds is 8. The molecule has 1 unspecified atom stereocenters. The van der Waals surface area contributed by atoms with Crippen LogP contribution in [0.2, 0.25) is 0 Å².